The first-order valence-electron chi connectivity index (χ1n) is 37.9. The molecule has 0 radical (unpaired) electrons. The average Bonchev–Trinajstić information content (AvgIpc) is 1.17. The van der Waals surface area contributed by atoms with Crippen molar-refractivity contribution < 1.29 is 86.9 Å². The van der Waals surface area contributed by atoms with Gasteiger partial charge in [-0.1, -0.05) is 125 Å². The Morgan fingerprint density at radius 3 is 1.23 bits per heavy atom. The van der Waals surface area contributed by atoms with Gasteiger partial charge in [-0.3, -0.25) is 76.7 Å². The van der Waals surface area contributed by atoms with Crippen molar-refractivity contribution in [2.45, 2.75) is 245 Å². The molecule has 622 valence electrons. The Hall–Kier alpha value is -10.2. The lowest BCUT2D eigenvalue weighted by Crippen LogP contribution is -2.62. The number of nitrogens with one attached hydrogen (secondary N) is 15. The minimum Gasteiger partial charge on any atom is -0.481 e. The largest absolute Gasteiger partial charge is 0.481 e. The number of unbranched alkanes of at least 4 members (excludes halogenated alkanes) is 2. The lowest BCUT2D eigenvalue weighted by molar-refractivity contribution is -0.141. The third kappa shape index (κ3) is 34.3. The Bertz CT molecular complexity index is 3390. The van der Waals surface area contributed by atoms with Crippen LogP contribution < -0.4 is 97.4 Å². The van der Waals surface area contributed by atoms with Gasteiger partial charge in [-0.15, -0.1) is 0 Å². The number of aromatic nitrogens is 2. The topological polar surface area (TPSA) is 615 Å². The number of aromatic amines is 1. The molecule has 1 heterocycles. The molecule has 0 spiro atoms. The smallest absolute Gasteiger partial charge is 0.305 e. The van der Waals surface area contributed by atoms with Gasteiger partial charge in [0.2, 0.25) is 88.6 Å². The fraction of sp³-hybridized carbons (Fsp3) is 0.658. The van der Waals surface area contributed by atoms with Gasteiger partial charge in [0.1, 0.15) is 72.5 Å². The van der Waals surface area contributed by atoms with E-state index >= 15 is 0 Å². The van der Waals surface area contributed by atoms with E-state index in [1.165, 1.54) is 26.4 Å². The summed E-state index contributed by atoms with van der Waals surface area (Å²) in [6.07, 6.45) is 4.62. The number of carboxylic acids is 1. The number of H-pyrrole nitrogens is 1. The number of nitrogens with two attached hydrogens (primary N) is 4. The molecule has 38 nitrogen and oxygen atoms in total. The van der Waals surface area contributed by atoms with Gasteiger partial charge in [-0.05, 0) is 107 Å². The van der Waals surface area contributed by atoms with E-state index in [1.54, 1.807) is 99.6 Å². The van der Waals surface area contributed by atoms with Crippen LogP contribution >= 0.6 is 0 Å². The summed E-state index contributed by atoms with van der Waals surface area (Å²) in [6, 6.07) is -8.76. The third-order valence-corrected chi connectivity index (χ3v) is 19.1. The molecule has 0 unspecified atom stereocenters. The van der Waals surface area contributed by atoms with Crippen LogP contribution in [0.2, 0.25) is 0 Å². The molecule has 0 aliphatic rings. The first kappa shape index (κ1) is 96.9. The van der Waals surface area contributed by atoms with E-state index < -0.39 is 223 Å². The number of rotatable bonds is 53. The van der Waals surface area contributed by atoms with Crippen LogP contribution in [0.3, 0.4) is 0 Å². The summed E-state index contributed by atoms with van der Waals surface area (Å²) in [5.74, 6) is -17.1. The van der Waals surface area contributed by atoms with Crippen molar-refractivity contribution in [3.05, 3.63) is 54.1 Å². The summed E-state index contributed by atoms with van der Waals surface area (Å²) in [4.78, 5) is 224. The van der Waals surface area contributed by atoms with Crippen LogP contribution in [0.25, 0.3) is 0 Å². The van der Waals surface area contributed by atoms with E-state index in [4.69, 9.17) is 22.9 Å². The first-order chi connectivity index (χ1) is 52.4. The lowest BCUT2D eigenvalue weighted by atomic mass is 9.95. The van der Waals surface area contributed by atoms with Gasteiger partial charge >= 0.3 is 5.97 Å². The second-order valence-corrected chi connectivity index (χ2v) is 28.4. The van der Waals surface area contributed by atoms with Crippen molar-refractivity contribution in [2.24, 2.45) is 52.5 Å². The molecule has 15 amide bonds. The summed E-state index contributed by atoms with van der Waals surface area (Å²) in [6.45, 7) is 17.6. The normalized spacial score (nSPS) is 15.8. The molecule has 2 rings (SSSR count). The summed E-state index contributed by atoms with van der Waals surface area (Å²) >= 11 is 0. The molecule has 0 aliphatic heterocycles. The number of imidazole rings is 1. The number of carbonyl (C=O) groups excluding carboxylic acids is 15. The van der Waals surface area contributed by atoms with E-state index in [0.29, 0.717) is 62.6 Å². The van der Waals surface area contributed by atoms with E-state index in [9.17, 15) is 86.9 Å². The van der Waals surface area contributed by atoms with Gasteiger partial charge in [0.05, 0.1) is 38.5 Å². The molecule has 1 aromatic carbocycles. The fourth-order valence-corrected chi connectivity index (χ4v) is 11.2. The molecule has 2 aromatic rings. The average molecular weight is 1570 g/mol. The van der Waals surface area contributed by atoms with Crippen molar-refractivity contribution in [3.63, 3.8) is 0 Å². The molecule has 111 heavy (non-hydrogen) atoms. The number of hydrogen-bond donors (Lipinski definition) is 21. The highest BCUT2D eigenvalue weighted by atomic mass is 16.4. The highest BCUT2D eigenvalue weighted by molar-refractivity contribution is 6.00. The molecule has 25 N–H and O–H groups in total. The van der Waals surface area contributed by atoms with Crippen molar-refractivity contribution >= 4 is 94.6 Å². The van der Waals surface area contributed by atoms with Crippen LogP contribution in [0.4, 0.5) is 0 Å². The maximum absolute atomic E-state index is 14.5. The van der Waals surface area contributed by atoms with Crippen LogP contribution in [-0.4, -0.2) is 226 Å². The zero-order valence-corrected chi connectivity index (χ0v) is 65.8. The highest BCUT2D eigenvalue weighted by Crippen LogP contribution is 2.17. The van der Waals surface area contributed by atoms with Crippen LogP contribution in [0.15, 0.2) is 42.9 Å². The Morgan fingerprint density at radius 2 is 0.811 bits per heavy atom. The molecule has 0 saturated heterocycles. The van der Waals surface area contributed by atoms with Crippen molar-refractivity contribution in [1.29, 1.82) is 0 Å². The number of aliphatic hydroxyl groups is 1. The minimum absolute atomic E-state index is 0.00425. The monoisotopic (exact) mass is 1570 g/mol. The van der Waals surface area contributed by atoms with Gasteiger partial charge in [0.25, 0.3) is 0 Å². The number of benzene rings is 1. The molecule has 1 aromatic heterocycles. The summed E-state index contributed by atoms with van der Waals surface area (Å²) < 4.78 is 0. The molecule has 0 saturated carbocycles. The Morgan fingerprint density at radius 1 is 0.432 bits per heavy atom. The zero-order chi connectivity index (χ0) is 83.8. The molecule has 0 fully saturated rings. The quantitative estimate of drug-likeness (QED) is 0.0278. The highest BCUT2D eigenvalue weighted by Gasteiger charge is 2.39. The summed E-state index contributed by atoms with van der Waals surface area (Å²) in [5, 5.41) is 55.1. The van der Waals surface area contributed by atoms with E-state index in [-0.39, 0.29) is 44.7 Å². The first-order valence-corrected chi connectivity index (χ1v) is 37.9. The van der Waals surface area contributed by atoms with Gasteiger partial charge in [-0.2, -0.15) is 0 Å². The molecule has 0 bridgehead atoms. The molecule has 38 heteroatoms. The van der Waals surface area contributed by atoms with Gasteiger partial charge in [0.15, 0.2) is 0 Å². The number of aliphatic carboxylic acids is 1. The van der Waals surface area contributed by atoms with Crippen molar-refractivity contribution in [1.82, 2.24) is 84.4 Å². The van der Waals surface area contributed by atoms with Crippen LogP contribution in [0.5, 0.6) is 0 Å². The number of amides is 15. The number of nitrogens with zero attached hydrogens (tertiary/aromatic N) is 1. The SMILES string of the molecule is CC[C@H](C)[C@H](NC(=O)[C@H](CO)NC(=O)CNC(=O)[C@H](C)NC(=O)[C@@H](NC(=O)[C@H](Cc1cnc[nH]1)NC(=O)CNC(=O)[C@H](C)NC(=O)[C@@H](NC(=O)[C@H](CCCCN)NC(=O)[C@H](CCCCN)NC(=O)[C@@H](NC(=O)[C@@H](NC(=O)[C@H](CC(=O)O)NC(=O)[C@@H](N)Cc1ccccc1)[C@@H](C)CC)C(C)C)[C@@H](C)CC)[C@@H](C)CC)C(N)=O. The lowest BCUT2D eigenvalue weighted by Gasteiger charge is -2.31. The maximum Gasteiger partial charge on any atom is 0.305 e. The van der Waals surface area contributed by atoms with E-state index in [0.717, 1.165) is 0 Å². The van der Waals surface area contributed by atoms with Gasteiger partial charge in [-0.25, -0.2) is 4.98 Å². The number of hydrogen-bond acceptors (Lipinski definition) is 21. The van der Waals surface area contributed by atoms with Gasteiger partial charge < -0.3 is 113 Å². The van der Waals surface area contributed by atoms with Crippen molar-refractivity contribution in [2.75, 3.05) is 32.8 Å². The minimum atomic E-state index is -1.66. The second kappa shape index (κ2) is 50.6. The Kier molecular flexibility index (Phi) is 44.1. The van der Waals surface area contributed by atoms with E-state index in [2.05, 4.69) is 84.4 Å². The Balaban J connectivity index is 2.27. The molecule has 17 atom stereocenters. The van der Waals surface area contributed by atoms with Crippen LogP contribution in [0.1, 0.15) is 165 Å². The Labute approximate surface area is 648 Å². The second-order valence-electron chi connectivity index (χ2n) is 28.4. The predicted octanol–water partition coefficient (Wildman–Crippen LogP) is -4.34. The fourth-order valence-electron chi connectivity index (χ4n) is 11.2. The summed E-state index contributed by atoms with van der Waals surface area (Å²) in [5.41, 5.74) is 24.3. The zero-order valence-electron chi connectivity index (χ0n) is 65.8. The number of aliphatic hydroxyl groups excluding tert-OH is 1. The van der Waals surface area contributed by atoms with Crippen LogP contribution in [-0.2, 0) is 89.6 Å². The van der Waals surface area contributed by atoms with Gasteiger partial charge in [0, 0.05) is 18.3 Å². The van der Waals surface area contributed by atoms with Crippen LogP contribution in [0, 0.1) is 29.6 Å². The maximum atomic E-state index is 14.5. The third-order valence-electron chi connectivity index (χ3n) is 19.1. The standard InChI is InChI=1S/C73H122N20O18/c1-13-39(7)57(61(77)99)90-69(107)52(36-94)85-54(96)35-80-63(101)44(12)83-72(110)59(41(9)15-3)92-67(105)50(31-46-33-78-37-81-46)84-53(95)34-79-62(100)43(11)82-71(109)58(40(8)14-2)91-66(104)49(27-21-23-29-75)86-65(103)48(26-20-22-28-74)87-70(108)56(38(5)6)89-73(111)60(42(10)16-4)93-68(106)51(32-55(97)98)88-64(102)47(76)30-45-24-18-17-19-25-45/h17-19,24-25,33,37-44,47-52,56-60,94H,13-16,20-23,26-32,34-36,74-76H2,1-12H3,(H2,77,99)(H,78,81)(H,79,100)(H,80,101)(H,82,109)(H,83,110)(H,84,95)(H,85,96)(H,86,103)(H,87,108)(H,88,102)(H,89,111)(H,90,107)(H,91,104)(H,92,105)(H,93,106)(H,97,98)/t39-,40-,41-,42-,43-,44-,47-,48-,49-,50-,51-,52-,56-,57-,58-,59-,60-/m0/s1. The summed E-state index contributed by atoms with van der Waals surface area (Å²) in [7, 11) is 0. The molecule has 0 aliphatic carbocycles. The number of primary amides is 1. The van der Waals surface area contributed by atoms with E-state index in [1.807, 2.05) is 0 Å². The number of carboxylic acid groups (broad SMARTS) is 1. The molecular formula is C73H122N20O18. The number of carbonyl (C=O) groups is 16. The predicted molar refractivity (Wildman–Crippen MR) is 408 cm³/mol. The van der Waals surface area contributed by atoms with Crippen molar-refractivity contribution in [3.8, 4) is 0 Å². The molecular weight excluding hydrogens is 1440 g/mol.